The van der Waals surface area contributed by atoms with Gasteiger partial charge in [0.25, 0.3) is 10.1 Å². The highest BCUT2D eigenvalue weighted by atomic mass is 32.2. The normalized spacial score (nSPS) is 11.6. The average molecular weight is 395 g/mol. The minimum Gasteiger partial charge on any atom is -0.266 e. The molecule has 0 radical (unpaired) electrons. The van der Waals surface area contributed by atoms with Crippen molar-refractivity contribution in [2.24, 2.45) is 0 Å². The molecule has 0 saturated heterocycles. The molecule has 1 aromatic rings. The SMILES string of the molecule is C=CCc1ccccc1S(=O)(=O)OCCCCCCCCCCCCCC. The van der Waals surface area contributed by atoms with E-state index in [1.54, 1.807) is 18.2 Å². The first-order valence-electron chi connectivity index (χ1n) is 10.7. The number of unbranched alkanes of at least 4 members (excludes halogenated alkanes) is 11. The highest BCUT2D eigenvalue weighted by Gasteiger charge is 2.18. The molecule has 1 aromatic carbocycles. The van der Waals surface area contributed by atoms with Crippen molar-refractivity contribution in [1.29, 1.82) is 0 Å². The molecule has 0 saturated carbocycles. The van der Waals surface area contributed by atoms with Gasteiger partial charge in [-0.2, -0.15) is 8.42 Å². The molecule has 0 aliphatic heterocycles. The van der Waals surface area contributed by atoms with E-state index in [4.69, 9.17) is 4.18 Å². The summed E-state index contributed by atoms with van der Waals surface area (Å²) in [6.07, 6.45) is 17.3. The lowest BCUT2D eigenvalue weighted by Crippen LogP contribution is -2.10. The minimum atomic E-state index is -3.68. The molecule has 0 aliphatic carbocycles. The number of rotatable bonds is 17. The molecule has 0 spiro atoms. The highest BCUT2D eigenvalue weighted by Crippen LogP contribution is 2.19. The summed E-state index contributed by atoms with van der Waals surface area (Å²) in [4.78, 5) is 0.267. The monoisotopic (exact) mass is 394 g/mol. The number of allylic oxidation sites excluding steroid dienone is 1. The molecule has 0 N–H and O–H groups in total. The van der Waals surface area contributed by atoms with Crippen molar-refractivity contribution in [2.45, 2.75) is 95.3 Å². The van der Waals surface area contributed by atoms with Crippen molar-refractivity contribution >= 4 is 10.1 Å². The van der Waals surface area contributed by atoms with E-state index in [0.29, 0.717) is 6.42 Å². The molecule has 1 rings (SSSR count). The predicted molar refractivity (Wildman–Crippen MR) is 115 cm³/mol. The Morgan fingerprint density at radius 1 is 0.852 bits per heavy atom. The molecule has 0 amide bonds. The summed E-state index contributed by atoms with van der Waals surface area (Å²) in [5.74, 6) is 0. The lowest BCUT2D eigenvalue weighted by Gasteiger charge is -2.09. The van der Waals surface area contributed by atoms with Crippen molar-refractivity contribution in [2.75, 3.05) is 6.61 Å². The average Bonchev–Trinajstić information content (AvgIpc) is 2.66. The van der Waals surface area contributed by atoms with Gasteiger partial charge in [0.15, 0.2) is 0 Å². The fourth-order valence-corrected chi connectivity index (χ4v) is 4.43. The molecule has 0 heterocycles. The highest BCUT2D eigenvalue weighted by molar-refractivity contribution is 7.86. The summed E-state index contributed by atoms with van der Waals surface area (Å²) in [5.41, 5.74) is 0.738. The minimum absolute atomic E-state index is 0.266. The molecule has 3 nitrogen and oxygen atoms in total. The van der Waals surface area contributed by atoms with Gasteiger partial charge in [0.2, 0.25) is 0 Å². The molecule has 0 unspecified atom stereocenters. The van der Waals surface area contributed by atoms with Crippen LogP contribution in [0.4, 0.5) is 0 Å². The Hall–Kier alpha value is -1.13. The zero-order chi connectivity index (χ0) is 19.8. The molecular weight excluding hydrogens is 356 g/mol. The lowest BCUT2D eigenvalue weighted by atomic mass is 10.1. The summed E-state index contributed by atoms with van der Waals surface area (Å²) in [5, 5.41) is 0. The molecule has 27 heavy (non-hydrogen) atoms. The van der Waals surface area contributed by atoms with Gasteiger partial charge in [-0.1, -0.05) is 102 Å². The van der Waals surface area contributed by atoms with Crippen LogP contribution in [0.1, 0.15) is 89.5 Å². The van der Waals surface area contributed by atoms with Crippen molar-refractivity contribution in [3.8, 4) is 0 Å². The van der Waals surface area contributed by atoms with Crippen LogP contribution in [-0.2, 0) is 20.7 Å². The third kappa shape index (κ3) is 10.7. The molecule has 0 bridgehead atoms. The van der Waals surface area contributed by atoms with Crippen LogP contribution in [0.15, 0.2) is 41.8 Å². The van der Waals surface area contributed by atoms with E-state index in [0.717, 1.165) is 24.8 Å². The zero-order valence-electron chi connectivity index (χ0n) is 17.1. The third-order valence-corrected chi connectivity index (χ3v) is 6.26. The maximum atomic E-state index is 12.4. The summed E-state index contributed by atoms with van der Waals surface area (Å²) >= 11 is 0. The van der Waals surface area contributed by atoms with E-state index >= 15 is 0 Å². The van der Waals surface area contributed by atoms with Crippen molar-refractivity contribution in [3.05, 3.63) is 42.5 Å². The van der Waals surface area contributed by atoms with Crippen LogP contribution >= 0.6 is 0 Å². The molecule has 0 aliphatic rings. The van der Waals surface area contributed by atoms with Crippen LogP contribution in [-0.4, -0.2) is 15.0 Å². The van der Waals surface area contributed by atoms with Crippen LogP contribution < -0.4 is 0 Å². The van der Waals surface area contributed by atoms with E-state index in [9.17, 15) is 8.42 Å². The van der Waals surface area contributed by atoms with Gasteiger partial charge in [-0.3, -0.25) is 4.18 Å². The van der Waals surface area contributed by atoms with Crippen molar-refractivity contribution < 1.29 is 12.6 Å². The third-order valence-electron chi connectivity index (χ3n) is 4.84. The second-order valence-corrected chi connectivity index (χ2v) is 8.85. The lowest BCUT2D eigenvalue weighted by molar-refractivity contribution is 0.306. The largest absolute Gasteiger partial charge is 0.297 e. The maximum absolute atomic E-state index is 12.4. The van der Waals surface area contributed by atoms with E-state index < -0.39 is 10.1 Å². The zero-order valence-corrected chi connectivity index (χ0v) is 17.9. The second-order valence-electron chi connectivity index (χ2n) is 7.27. The van der Waals surface area contributed by atoms with Crippen LogP contribution in [0, 0.1) is 0 Å². The summed E-state index contributed by atoms with van der Waals surface area (Å²) in [7, 11) is -3.68. The van der Waals surface area contributed by atoms with Crippen LogP contribution in [0.2, 0.25) is 0 Å². The predicted octanol–water partition coefficient (Wildman–Crippen LogP) is 6.82. The van der Waals surface area contributed by atoms with Gasteiger partial charge in [0.1, 0.15) is 0 Å². The van der Waals surface area contributed by atoms with Gasteiger partial charge in [-0.05, 0) is 24.5 Å². The van der Waals surface area contributed by atoms with Crippen LogP contribution in [0.3, 0.4) is 0 Å². The summed E-state index contributed by atoms with van der Waals surface area (Å²) in [6.45, 7) is 6.20. The Morgan fingerprint density at radius 2 is 1.37 bits per heavy atom. The first-order chi connectivity index (χ1) is 13.1. The van der Waals surface area contributed by atoms with Gasteiger partial charge < -0.3 is 0 Å². The molecule has 0 aromatic heterocycles. The van der Waals surface area contributed by atoms with Crippen molar-refractivity contribution in [1.82, 2.24) is 0 Å². The smallest absolute Gasteiger partial charge is 0.266 e. The summed E-state index contributed by atoms with van der Waals surface area (Å²) in [6, 6.07) is 6.98. The van der Waals surface area contributed by atoms with Gasteiger partial charge in [0.05, 0.1) is 11.5 Å². The van der Waals surface area contributed by atoms with Gasteiger partial charge in [-0.25, -0.2) is 0 Å². The Bertz CT molecular complexity index is 608. The standard InChI is InChI=1S/C23H38O3S/c1-3-5-6-7-8-9-10-11-12-13-14-17-21-26-27(24,25)23-20-16-15-19-22(23)18-4-2/h4,15-16,19-20H,2-3,5-14,17-18,21H2,1H3. The number of benzene rings is 1. The summed E-state index contributed by atoms with van der Waals surface area (Å²) < 4.78 is 30.0. The Kier molecular flexibility index (Phi) is 13.2. The maximum Gasteiger partial charge on any atom is 0.297 e. The molecule has 4 heteroatoms. The molecule has 0 atom stereocenters. The topological polar surface area (TPSA) is 43.4 Å². The van der Waals surface area contributed by atoms with Gasteiger partial charge in [0, 0.05) is 0 Å². The van der Waals surface area contributed by atoms with E-state index in [1.807, 2.05) is 12.1 Å². The number of hydrogen-bond donors (Lipinski definition) is 0. The van der Waals surface area contributed by atoms with Gasteiger partial charge in [-0.15, -0.1) is 6.58 Å². The Morgan fingerprint density at radius 3 is 1.93 bits per heavy atom. The fraction of sp³-hybridized carbons (Fsp3) is 0.652. The quantitative estimate of drug-likeness (QED) is 0.165. The molecule has 154 valence electrons. The molecular formula is C23H38O3S. The van der Waals surface area contributed by atoms with Gasteiger partial charge >= 0.3 is 0 Å². The van der Waals surface area contributed by atoms with E-state index in [2.05, 4.69) is 13.5 Å². The van der Waals surface area contributed by atoms with Crippen LogP contribution in [0.5, 0.6) is 0 Å². The van der Waals surface area contributed by atoms with Crippen molar-refractivity contribution in [3.63, 3.8) is 0 Å². The first kappa shape index (κ1) is 23.9. The second kappa shape index (κ2) is 14.9. The van der Waals surface area contributed by atoms with E-state index in [-0.39, 0.29) is 11.5 Å². The Balaban J connectivity index is 2.10. The number of hydrogen-bond acceptors (Lipinski definition) is 3. The molecule has 0 fully saturated rings. The first-order valence-corrected chi connectivity index (χ1v) is 12.1. The van der Waals surface area contributed by atoms with Crippen LogP contribution in [0.25, 0.3) is 0 Å². The Labute approximate surface area is 167 Å². The fourth-order valence-electron chi connectivity index (χ4n) is 3.25. The van der Waals surface area contributed by atoms with E-state index in [1.165, 1.54) is 57.8 Å².